The number of hydrogen-bond acceptors (Lipinski definition) is 3. The Hall–Kier alpha value is -1.14. The first-order valence-electron chi connectivity index (χ1n) is 5.78. The van der Waals surface area contributed by atoms with Gasteiger partial charge in [-0.2, -0.15) is 0 Å². The molecule has 0 aliphatic heterocycles. The van der Waals surface area contributed by atoms with Crippen LogP contribution in [0.3, 0.4) is 0 Å². The van der Waals surface area contributed by atoms with Gasteiger partial charge in [0, 0.05) is 4.47 Å². The summed E-state index contributed by atoms with van der Waals surface area (Å²) in [7, 11) is 0. The first kappa shape index (κ1) is 15.9. The summed E-state index contributed by atoms with van der Waals surface area (Å²) in [6.45, 7) is 4.92. The highest BCUT2D eigenvalue weighted by Gasteiger charge is 2.21. The van der Waals surface area contributed by atoms with Crippen LogP contribution in [0.2, 0.25) is 0 Å². The van der Waals surface area contributed by atoms with E-state index in [1.807, 2.05) is 0 Å². The summed E-state index contributed by atoms with van der Waals surface area (Å²) >= 11 is 3.20. The summed E-state index contributed by atoms with van der Waals surface area (Å²) in [6.07, 6.45) is -0.636. The summed E-state index contributed by atoms with van der Waals surface area (Å²) in [5, 5.41) is 11.9. The van der Waals surface area contributed by atoms with Crippen LogP contribution in [-0.4, -0.2) is 23.4 Å². The van der Waals surface area contributed by atoms with Gasteiger partial charge in [-0.05, 0) is 38.5 Å². The highest BCUT2D eigenvalue weighted by Crippen LogP contribution is 2.24. The second kappa shape index (κ2) is 6.34. The molecule has 0 aliphatic rings. The zero-order valence-corrected chi connectivity index (χ0v) is 12.6. The Kier molecular flexibility index (Phi) is 5.31. The fourth-order valence-electron chi connectivity index (χ4n) is 1.46. The van der Waals surface area contributed by atoms with Crippen molar-refractivity contribution in [1.29, 1.82) is 0 Å². The van der Waals surface area contributed by atoms with E-state index in [1.165, 1.54) is 18.2 Å². The second-order valence-electron chi connectivity index (χ2n) is 5.05. The molecule has 0 aliphatic carbocycles. The maximum absolute atomic E-state index is 13.0. The van der Waals surface area contributed by atoms with Gasteiger partial charge in [0.2, 0.25) is 0 Å². The third kappa shape index (κ3) is 5.16. The van der Waals surface area contributed by atoms with E-state index in [-0.39, 0.29) is 6.61 Å². The molecule has 0 aromatic heterocycles. The van der Waals surface area contributed by atoms with Crippen LogP contribution in [0.1, 0.15) is 32.4 Å². The minimum absolute atomic E-state index is 0.316. The first-order valence-corrected chi connectivity index (χ1v) is 6.57. The van der Waals surface area contributed by atoms with Crippen molar-refractivity contribution in [2.24, 2.45) is 0 Å². The minimum atomic E-state index is -0.662. The van der Waals surface area contributed by atoms with Gasteiger partial charge >= 0.3 is 6.09 Å². The van der Waals surface area contributed by atoms with Crippen LogP contribution in [0.15, 0.2) is 22.7 Å². The third-order valence-electron chi connectivity index (χ3n) is 2.21. The molecule has 2 N–H and O–H groups in total. The Morgan fingerprint density at radius 1 is 1.53 bits per heavy atom. The molecule has 0 bridgehead atoms. The number of rotatable bonds is 3. The first-order chi connectivity index (χ1) is 8.73. The molecule has 0 radical (unpaired) electrons. The van der Waals surface area contributed by atoms with Crippen molar-refractivity contribution in [2.45, 2.75) is 32.4 Å². The lowest BCUT2D eigenvalue weighted by Gasteiger charge is -2.23. The number of aliphatic hydroxyl groups excluding tert-OH is 1. The molecular formula is C13H17BrFNO3. The smallest absolute Gasteiger partial charge is 0.408 e. The molecule has 0 spiro atoms. The molecule has 106 valence electrons. The summed E-state index contributed by atoms with van der Waals surface area (Å²) in [5.74, 6) is -0.399. The summed E-state index contributed by atoms with van der Waals surface area (Å²) in [4.78, 5) is 11.6. The van der Waals surface area contributed by atoms with Crippen molar-refractivity contribution in [3.8, 4) is 0 Å². The van der Waals surface area contributed by atoms with Gasteiger partial charge in [-0.1, -0.05) is 22.0 Å². The van der Waals surface area contributed by atoms with E-state index in [0.717, 1.165) is 0 Å². The predicted molar refractivity (Wildman–Crippen MR) is 73.3 cm³/mol. The van der Waals surface area contributed by atoms with Gasteiger partial charge in [0.1, 0.15) is 11.4 Å². The van der Waals surface area contributed by atoms with Crippen LogP contribution in [-0.2, 0) is 4.74 Å². The molecule has 0 saturated heterocycles. The van der Waals surface area contributed by atoms with Gasteiger partial charge in [0.05, 0.1) is 12.6 Å². The van der Waals surface area contributed by atoms with Crippen LogP contribution in [0, 0.1) is 5.82 Å². The number of carbonyl (C=O) groups is 1. The maximum Gasteiger partial charge on any atom is 0.408 e. The number of ether oxygens (including phenoxy) is 1. The van der Waals surface area contributed by atoms with Crippen molar-refractivity contribution in [3.05, 3.63) is 34.1 Å². The Morgan fingerprint density at radius 2 is 2.16 bits per heavy atom. The summed E-state index contributed by atoms with van der Waals surface area (Å²) in [5.41, 5.74) is -0.0424. The summed E-state index contributed by atoms with van der Waals surface area (Å²) in [6, 6.07) is 3.37. The fraction of sp³-hybridized carbons (Fsp3) is 0.462. The lowest BCUT2D eigenvalue weighted by molar-refractivity contribution is 0.0481. The zero-order valence-electron chi connectivity index (χ0n) is 11.0. The third-order valence-corrected chi connectivity index (χ3v) is 2.90. The molecule has 1 rings (SSSR count). The monoisotopic (exact) mass is 333 g/mol. The largest absolute Gasteiger partial charge is 0.444 e. The van der Waals surface area contributed by atoms with Crippen molar-refractivity contribution in [1.82, 2.24) is 5.32 Å². The maximum atomic E-state index is 13.0. The van der Waals surface area contributed by atoms with Crippen LogP contribution in [0.25, 0.3) is 0 Å². The number of hydrogen-bond donors (Lipinski definition) is 2. The molecule has 1 atom stereocenters. The zero-order chi connectivity index (χ0) is 14.6. The molecule has 19 heavy (non-hydrogen) atoms. The highest BCUT2D eigenvalue weighted by atomic mass is 79.9. The number of benzene rings is 1. The van der Waals surface area contributed by atoms with Crippen LogP contribution >= 0.6 is 15.9 Å². The average Bonchev–Trinajstić information content (AvgIpc) is 2.24. The molecule has 1 amide bonds. The van der Waals surface area contributed by atoms with Gasteiger partial charge in [-0.15, -0.1) is 0 Å². The molecule has 0 fully saturated rings. The molecule has 4 nitrogen and oxygen atoms in total. The fourth-order valence-corrected chi connectivity index (χ4v) is 2.08. The van der Waals surface area contributed by atoms with Crippen molar-refractivity contribution in [3.63, 3.8) is 0 Å². The Labute approximate surface area is 120 Å². The Morgan fingerprint density at radius 3 is 2.63 bits per heavy atom. The molecule has 0 saturated carbocycles. The molecule has 0 unspecified atom stereocenters. The topological polar surface area (TPSA) is 58.6 Å². The van der Waals surface area contributed by atoms with Crippen molar-refractivity contribution >= 4 is 22.0 Å². The standard InChI is InChI=1S/C13H17BrFNO3/c1-13(2,3)19-12(18)16-11(7-17)9-5-4-8(15)6-10(9)14/h4-6,11,17H,7H2,1-3H3,(H,16,18)/t11-/m0/s1. The van der Waals surface area contributed by atoms with Crippen molar-refractivity contribution < 1.29 is 19.0 Å². The van der Waals surface area contributed by atoms with E-state index < -0.39 is 23.6 Å². The average molecular weight is 334 g/mol. The number of aliphatic hydroxyl groups is 1. The van der Waals surface area contributed by atoms with Gasteiger partial charge in [0.25, 0.3) is 0 Å². The normalized spacial score (nSPS) is 12.9. The second-order valence-corrected chi connectivity index (χ2v) is 5.90. The quantitative estimate of drug-likeness (QED) is 0.893. The molecular weight excluding hydrogens is 317 g/mol. The van der Waals surface area contributed by atoms with Gasteiger partial charge < -0.3 is 15.2 Å². The van der Waals surface area contributed by atoms with E-state index in [4.69, 9.17) is 4.74 Å². The van der Waals surface area contributed by atoms with Crippen LogP contribution in [0.4, 0.5) is 9.18 Å². The summed E-state index contributed by atoms with van der Waals surface area (Å²) < 4.78 is 18.6. The lowest BCUT2D eigenvalue weighted by atomic mass is 10.1. The lowest BCUT2D eigenvalue weighted by Crippen LogP contribution is -2.36. The number of nitrogens with one attached hydrogen (secondary N) is 1. The highest BCUT2D eigenvalue weighted by molar-refractivity contribution is 9.10. The number of carbonyl (C=O) groups excluding carboxylic acids is 1. The minimum Gasteiger partial charge on any atom is -0.444 e. The predicted octanol–water partition coefficient (Wildman–Crippen LogP) is 3.15. The van der Waals surface area contributed by atoms with Crippen LogP contribution in [0.5, 0.6) is 0 Å². The van der Waals surface area contributed by atoms with Gasteiger partial charge in [-0.3, -0.25) is 0 Å². The van der Waals surface area contributed by atoms with Crippen LogP contribution < -0.4 is 5.32 Å². The number of halogens is 2. The van der Waals surface area contributed by atoms with E-state index in [9.17, 15) is 14.3 Å². The van der Waals surface area contributed by atoms with E-state index in [0.29, 0.717) is 10.0 Å². The van der Waals surface area contributed by atoms with Gasteiger partial charge in [-0.25, -0.2) is 9.18 Å². The molecule has 6 heteroatoms. The number of alkyl carbamates (subject to hydrolysis) is 1. The van der Waals surface area contributed by atoms with E-state index >= 15 is 0 Å². The Balaban J connectivity index is 2.81. The van der Waals surface area contributed by atoms with E-state index in [2.05, 4.69) is 21.2 Å². The molecule has 1 aromatic rings. The Bertz CT molecular complexity index is 460. The van der Waals surface area contributed by atoms with Gasteiger partial charge in [0.15, 0.2) is 0 Å². The molecule has 0 heterocycles. The molecule has 1 aromatic carbocycles. The van der Waals surface area contributed by atoms with E-state index in [1.54, 1.807) is 20.8 Å². The number of amides is 1. The SMILES string of the molecule is CC(C)(C)OC(=O)N[C@@H](CO)c1ccc(F)cc1Br. The van der Waals surface area contributed by atoms with Crippen molar-refractivity contribution in [2.75, 3.05) is 6.61 Å².